The van der Waals surface area contributed by atoms with Crippen molar-refractivity contribution in [2.45, 2.75) is 13.8 Å². The van der Waals surface area contributed by atoms with Crippen molar-refractivity contribution in [3.05, 3.63) is 51.4 Å². The normalized spacial score (nSPS) is 10.6. The Bertz CT molecular complexity index is 721. The van der Waals surface area contributed by atoms with Crippen LogP contribution in [0.15, 0.2) is 41.8 Å². The van der Waals surface area contributed by atoms with E-state index in [2.05, 4.69) is 38.1 Å². The van der Waals surface area contributed by atoms with Crippen molar-refractivity contribution in [3.63, 3.8) is 0 Å². The van der Waals surface area contributed by atoms with Crippen molar-refractivity contribution < 1.29 is 14.3 Å². The summed E-state index contributed by atoms with van der Waals surface area (Å²) in [6.45, 7) is 4.94. The lowest BCUT2D eigenvalue weighted by molar-refractivity contribution is 0.0955. The molecule has 24 heavy (non-hydrogen) atoms. The molecule has 1 amide bonds. The Kier molecular flexibility index (Phi) is 6.98. The van der Waals surface area contributed by atoms with Crippen LogP contribution >= 0.6 is 22.6 Å². The van der Waals surface area contributed by atoms with Crippen LogP contribution in [0.1, 0.15) is 29.8 Å². The Labute approximate surface area is 154 Å². The Morgan fingerprint density at radius 3 is 2.79 bits per heavy atom. The van der Waals surface area contributed by atoms with Gasteiger partial charge in [0.1, 0.15) is 0 Å². The average molecular weight is 439 g/mol. The zero-order chi connectivity index (χ0) is 17.4. The van der Waals surface area contributed by atoms with Crippen LogP contribution in [0.4, 0.5) is 0 Å². The summed E-state index contributed by atoms with van der Waals surface area (Å²) in [5.41, 5.74) is 3.73. The van der Waals surface area contributed by atoms with Crippen molar-refractivity contribution in [2.24, 2.45) is 5.10 Å². The highest BCUT2D eigenvalue weighted by Crippen LogP contribution is 2.33. The van der Waals surface area contributed by atoms with Crippen LogP contribution in [0.2, 0.25) is 0 Å². The van der Waals surface area contributed by atoms with Gasteiger partial charge >= 0.3 is 0 Å². The topological polar surface area (TPSA) is 72.8 Å². The number of nitrogens with zero attached hydrogens (tertiary/aromatic N) is 2. The number of hydrogen-bond donors (Lipinski definition) is 1. The van der Waals surface area contributed by atoms with Crippen LogP contribution in [-0.4, -0.2) is 30.3 Å². The van der Waals surface area contributed by atoms with Gasteiger partial charge in [-0.05, 0) is 66.3 Å². The number of aromatic nitrogens is 1. The molecule has 0 aliphatic heterocycles. The molecule has 0 unspecified atom stereocenters. The lowest BCUT2D eigenvalue weighted by Crippen LogP contribution is -2.17. The zero-order valence-corrected chi connectivity index (χ0v) is 15.6. The summed E-state index contributed by atoms with van der Waals surface area (Å²) in [5, 5.41) is 3.98. The van der Waals surface area contributed by atoms with Gasteiger partial charge in [0.15, 0.2) is 11.5 Å². The first-order valence-corrected chi connectivity index (χ1v) is 8.56. The summed E-state index contributed by atoms with van der Waals surface area (Å²) >= 11 is 2.19. The van der Waals surface area contributed by atoms with Crippen molar-refractivity contribution in [3.8, 4) is 11.5 Å². The highest BCUT2D eigenvalue weighted by molar-refractivity contribution is 14.1. The maximum absolute atomic E-state index is 11.9. The Morgan fingerprint density at radius 1 is 1.33 bits per heavy atom. The SMILES string of the molecule is CCOc1cc(/C=N\NC(=O)c2cccnc2)cc(I)c1OCC. The van der Waals surface area contributed by atoms with E-state index in [9.17, 15) is 4.79 Å². The third kappa shape index (κ3) is 4.92. The molecule has 0 fully saturated rings. The standard InChI is InChI=1S/C17H18IN3O3/c1-3-23-15-9-12(8-14(18)16(15)24-4-2)10-20-21-17(22)13-6-5-7-19-11-13/h5-11H,3-4H2,1-2H3,(H,21,22)/b20-10-. The molecule has 1 N–H and O–H groups in total. The van der Waals surface area contributed by atoms with E-state index < -0.39 is 0 Å². The number of rotatable bonds is 7. The molecule has 0 atom stereocenters. The average Bonchev–Trinajstić information content (AvgIpc) is 2.59. The van der Waals surface area contributed by atoms with E-state index in [1.165, 1.54) is 6.20 Å². The van der Waals surface area contributed by atoms with E-state index in [-0.39, 0.29) is 5.91 Å². The van der Waals surface area contributed by atoms with E-state index in [1.807, 2.05) is 26.0 Å². The van der Waals surface area contributed by atoms with E-state index in [1.54, 1.807) is 24.5 Å². The highest BCUT2D eigenvalue weighted by Gasteiger charge is 2.11. The van der Waals surface area contributed by atoms with E-state index in [0.29, 0.717) is 24.5 Å². The largest absolute Gasteiger partial charge is 0.490 e. The molecular formula is C17H18IN3O3. The molecule has 0 spiro atoms. The molecule has 1 aromatic heterocycles. The van der Waals surface area contributed by atoms with Gasteiger partial charge in [0.25, 0.3) is 5.91 Å². The fraction of sp³-hybridized carbons (Fsp3) is 0.235. The summed E-state index contributed by atoms with van der Waals surface area (Å²) in [7, 11) is 0. The Balaban J connectivity index is 2.12. The van der Waals surface area contributed by atoms with Gasteiger partial charge in [-0.15, -0.1) is 0 Å². The molecular weight excluding hydrogens is 421 g/mol. The Hall–Kier alpha value is -2.16. The molecule has 2 rings (SSSR count). The first-order chi connectivity index (χ1) is 11.7. The van der Waals surface area contributed by atoms with Crippen LogP contribution in [-0.2, 0) is 0 Å². The fourth-order valence-electron chi connectivity index (χ4n) is 1.94. The van der Waals surface area contributed by atoms with Crippen LogP contribution < -0.4 is 14.9 Å². The lowest BCUT2D eigenvalue weighted by Gasteiger charge is -2.13. The number of pyridine rings is 1. The van der Waals surface area contributed by atoms with Crippen LogP contribution in [0.3, 0.4) is 0 Å². The van der Waals surface area contributed by atoms with Crippen molar-refractivity contribution >= 4 is 34.7 Å². The number of hydrazone groups is 1. The number of hydrogen-bond acceptors (Lipinski definition) is 5. The molecule has 0 saturated carbocycles. The van der Waals surface area contributed by atoms with Gasteiger partial charge in [0, 0.05) is 12.4 Å². The number of amides is 1. The minimum absolute atomic E-state index is 0.315. The van der Waals surface area contributed by atoms with Crippen LogP contribution in [0.5, 0.6) is 11.5 Å². The summed E-state index contributed by atoms with van der Waals surface area (Å²) in [5.74, 6) is 1.06. The molecule has 126 valence electrons. The van der Waals surface area contributed by atoms with Crippen LogP contribution in [0, 0.1) is 3.57 Å². The number of benzene rings is 1. The molecule has 7 heteroatoms. The molecule has 2 aromatic rings. The fourth-order valence-corrected chi connectivity index (χ4v) is 2.72. The highest BCUT2D eigenvalue weighted by atomic mass is 127. The summed E-state index contributed by atoms with van der Waals surface area (Å²) < 4.78 is 12.2. The first kappa shape index (κ1) is 18.2. The van der Waals surface area contributed by atoms with Gasteiger partial charge in [-0.25, -0.2) is 5.43 Å². The number of ether oxygens (including phenoxy) is 2. The third-order valence-electron chi connectivity index (χ3n) is 2.92. The zero-order valence-electron chi connectivity index (χ0n) is 13.5. The van der Waals surface area contributed by atoms with E-state index in [0.717, 1.165) is 14.9 Å². The first-order valence-electron chi connectivity index (χ1n) is 7.48. The number of carbonyl (C=O) groups excluding carboxylic acids is 1. The van der Waals surface area contributed by atoms with Gasteiger partial charge in [-0.1, -0.05) is 0 Å². The predicted octanol–water partition coefficient (Wildman–Crippen LogP) is 3.25. The third-order valence-corrected chi connectivity index (χ3v) is 3.73. The quantitative estimate of drug-likeness (QED) is 0.409. The second kappa shape index (κ2) is 9.21. The van der Waals surface area contributed by atoms with Gasteiger partial charge in [-0.2, -0.15) is 5.10 Å². The molecule has 0 saturated heterocycles. The number of halogens is 1. The molecule has 1 heterocycles. The second-order valence-electron chi connectivity index (χ2n) is 4.64. The molecule has 0 radical (unpaired) electrons. The predicted molar refractivity (Wildman–Crippen MR) is 101 cm³/mol. The molecule has 1 aromatic carbocycles. The number of carbonyl (C=O) groups is 1. The second-order valence-corrected chi connectivity index (χ2v) is 5.80. The smallest absolute Gasteiger partial charge is 0.272 e. The maximum atomic E-state index is 11.9. The van der Waals surface area contributed by atoms with Crippen molar-refractivity contribution in [2.75, 3.05) is 13.2 Å². The van der Waals surface area contributed by atoms with E-state index in [4.69, 9.17) is 9.47 Å². The summed E-state index contributed by atoms with van der Waals surface area (Å²) in [6.07, 6.45) is 4.66. The minimum atomic E-state index is -0.315. The summed E-state index contributed by atoms with van der Waals surface area (Å²) in [4.78, 5) is 15.8. The van der Waals surface area contributed by atoms with Crippen molar-refractivity contribution in [1.82, 2.24) is 10.4 Å². The van der Waals surface area contributed by atoms with Gasteiger partial charge in [-0.3, -0.25) is 9.78 Å². The lowest BCUT2D eigenvalue weighted by atomic mass is 10.2. The minimum Gasteiger partial charge on any atom is -0.490 e. The molecule has 0 aliphatic rings. The van der Waals surface area contributed by atoms with Crippen LogP contribution in [0.25, 0.3) is 0 Å². The van der Waals surface area contributed by atoms with Gasteiger partial charge < -0.3 is 9.47 Å². The van der Waals surface area contributed by atoms with Gasteiger partial charge in [0.05, 0.1) is 28.6 Å². The molecule has 0 aliphatic carbocycles. The number of nitrogens with one attached hydrogen (secondary N) is 1. The Morgan fingerprint density at radius 2 is 2.12 bits per heavy atom. The maximum Gasteiger partial charge on any atom is 0.272 e. The molecule has 0 bridgehead atoms. The molecule has 6 nitrogen and oxygen atoms in total. The van der Waals surface area contributed by atoms with Gasteiger partial charge in [0.2, 0.25) is 0 Å². The van der Waals surface area contributed by atoms with E-state index >= 15 is 0 Å². The van der Waals surface area contributed by atoms with Crippen molar-refractivity contribution in [1.29, 1.82) is 0 Å². The summed E-state index contributed by atoms with van der Waals surface area (Å²) in [6, 6.07) is 7.11. The monoisotopic (exact) mass is 439 g/mol.